The quantitative estimate of drug-likeness (QED) is 0.274. The molecule has 5 rings (SSSR count). The molecule has 0 atom stereocenters. The number of aromatic carboxylic acids is 1. The Kier molecular flexibility index (Phi) is 6.18. The van der Waals surface area contributed by atoms with Crippen LogP contribution in [0, 0.1) is 0 Å². The fourth-order valence-electron chi connectivity index (χ4n) is 4.21. The molecule has 0 bridgehead atoms. The summed E-state index contributed by atoms with van der Waals surface area (Å²) in [4.78, 5) is 11.0. The predicted octanol–water partition coefficient (Wildman–Crippen LogP) is 7.46. The lowest BCUT2D eigenvalue weighted by atomic mass is 9.92. The molecule has 0 aromatic heterocycles. The normalized spacial score (nSPS) is 10.8. The number of fused-ring (bicyclic) bond motifs is 1. The van der Waals surface area contributed by atoms with Gasteiger partial charge in [0.05, 0.1) is 12.7 Å². The van der Waals surface area contributed by atoms with Gasteiger partial charge < -0.3 is 14.6 Å². The molecule has 0 unspecified atom stereocenters. The van der Waals surface area contributed by atoms with Gasteiger partial charge in [-0.25, -0.2) is 4.79 Å². The maximum absolute atomic E-state index is 11.0. The number of methoxy groups -OCH3 is 1. The third-order valence-electron chi connectivity index (χ3n) is 6.10. The van der Waals surface area contributed by atoms with E-state index in [2.05, 4.69) is 72.8 Å². The topological polar surface area (TPSA) is 55.8 Å². The summed E-state index contributed by atoms with van der Waals surface area (Å²) in [5, 5.41) is 11.4. The molecule has 4 heteroatoms. The largest absolute Gasteiger partial charge is 0.497 e. The maximum atomic E-state index is 11.0. The summed E-state index contributed by atoms with van der Waals surface area (Å²) in [6.45, 7) is 0.407. The molecule has 0 saturated heterocycles. The molecule has 5 aromatic rings. The van der Waals surface area contributed by atoms with Crippen molar-refractivity contribution in [3.8, 4) is 33.8 Å². The first-order valence-corrected chi connectivity index (χ1v) is 11.3. The van der Waals surface area contributed by atoms with Gasteiger partial charge in [-0.15, -0.1) is 0 Å². The van der Waals surface area contributed by atoms with E-state index in [9.17, 15) is 4.79 Å². The zero-order chi connectivity index (χ0) is 24.2. The van der Waals surface area contributed by atoms with Crippen molar-refractivity contribution in [3.63, 3.8) is 0 Å². The Bertz CT molecular complexity index is 1470. The van der Waals surface area contributed by atoms with Gasteiger partial charge in [-0.3, -0.25) is 0 Å². The molecule has 0 fully saturated rings. The molecular formula is C31H24O4. The first-order valence-electron chi connectivity index (χ1n) is 11.3. The molecule has 35 heavy (non-hydrogen) atoms. The van der Waals surface area contributed by atoms with E-state index in [0.29, 0.717) is 12.4 Å². The van der Waals surface area contributed by atoms with E-state index in [4.69, 9.17) is 14.6 Å². The Balaban J connectivity index is 1.39. The Morgan fingerprint density at radius 3 is 1.69 bits per heavy atom. The molecule has 4 nitrogen and oxygen atoms in total. The summed E-state index contributed by atoms with van der Waals surface area (Å²) in [6, 6.07) is 35.8. The number of hydrogen-bond donors (Lipinski definition) is 1. The first kappa shape index (κ1) is 22.2. The van der Waals surface area contributed by atoms with Gasteiger partial charge in [0.1, 0.15) is 18.1 Å². The van der Waals surface area contributed by atoms with Crippen LogP contribution in [0.3, 0.4) is 0 Å². The van der Waals surface area contributed by atoms with Crippen molar-refractivity contribution in [1.29, 1.82) is 0 Å². The standard InChI is InChI=1S/C31H24O4/c1-34-25-14-10-23(11-15-25)28-19-18-27(29-4-2-3-5-30(28)29)22-8-6-21(7-9-22)20-35-26-16-12-24(13-17-26)31(32)33/h2-19H,20H2,1H3,(H,32,33). The average molecular weight is 461 g/mol. The molecule has 0 aliphatic rings. The second kappa shape index (κ2) is 9.74. The molecule has 5 aromatic carbocycles. The molecule has 1 N–H and O–H groups in total. The minimum Gasteiger partial charge on any atom is -0.497 e. The summed E-state index contributed by atoms with van der Waals surface area (Å²) in [5.74, 6) is 0.534. The van der Waals surface area contributed by atoms with E-state index in [1.165, 1.54) is 21.9 Å². The Hall–Kier alpha value is -4.57. The van der Waals surface area contributed by atoms with Crippen LogP contribution in [0.4, 0.5) is 0 Å². The van der Waals surface area contributed by atoms with Crippen molar-refractivity contribution in [3.05, 3.63) is 120 Å². The van der Waals surface area contributed by atoms with Crippen molar-refractivity contribution in [2.75, 3.05) is 7.11 Å². The average Bonchev–Trinajstić information content (AvgIpc) is 2.92. The number of rotatable bonds is 7. The highest BCUT2D eigenvalue weighted by molar-refractivity contribution is 6.04. The van der Waals surface area contributed by atoms with Gasteiger partial charge in [0, 0.05) is 0 Å². The van der Waals surface area contributed by atoms with Crippen molar-refractivity contribution in [2.45, 2.75) is 6.61 Å². The van der Waals surface area contributed by atoms with Crippen LogP contribution in [0.5, 0.6) is 11.5 Å². The fraction of sp³-hybridized carbons (Fsp3) is 0.0645. The number of carbonyl (C=O) groups is 1. The lowest BCUT2D eigenvalue weighted by molar-refractivity contribution is 0.0697. The van der Waals surface area contributed by atoms with E-state index in [0.717, 1.165) is 22.4 Å². The summed E-state index contributed by atoms with van der Waals surface area (Å²) < 4.78 is 11.1. The highest BCUT2D eigenvalue weighted by Crippen LogP contribution is 2.36. The van der Waals surface area contributed by atoms with Crippen molar-refractivity contribution >= 4 is 16.7 Å². The number of carboxylic acids is 1. The number of hydrogen-bond acceptors (Lipinski definition) is 3. The van der Waals surface area contributed by atoms with E-state index < -0.39 is 5.97 Å². The highest BCUT2D eigenvalue weighted by Gasteiger charge is 2.10. The van der Waals surface area contributed by atoms with Crippen molar-refractivity contribution < 1.29 is 19.4 Å². The van der Waals surface area contributed by atoms with Crippen LogP contribution in [0.2, 0.25) is 0 Å². The molecule has 0 heterocycles. The molecule has 0 saturated carbocycles. The molecule has 0 aliphatic heterocycles. The number of carboxylic acid groups (broad SMARTS) is 1. The van der Waals surface area contributed by atoms with Crippen LogP contribution < -0.4 is 9.47 Å². The predicted molar refractivity (Wildman–Crippen MR) is 139 cm³/mol. The van der Waals surface area contributed by atoms with Gasteiger partial charge in [0.25, 0.3) is 0 Å². The van der Waals surface area contributed by atoms with Crippen molar-refractivity contribution in [1.82, 2.24) is 0 Å². The molecule has 0 aliphatic carbocycles. The molecule has 0 amide bonds. The van der Waals surface area contributed by atoms with Gasteiger partial charge in [-0.1, -0.05) is 72.8 Å². The lowest BCUT2D eigenvalue weighted by Gasteiger charge is -2.13. The number of benzene rings is 5. The summed E-state index contributed by atoms with van der Waals surface area (Å²) in [5.41, 5.74) is 5.93. The Labute approximate surface area is 204 Å². The second-order valence-electron chi connectivity index (χ2n) is 8.25. The van der Waals surface area contributed by atoms with Crippen LogP contribution in [-0.4, -0.2) is 18.2 Å². The van der Waals surface area contributed by atoms with Crippen LogP contribution in [-0.2, 0) is 6.61 Å². The Morgan fingerprint density at radius 1 is 0.657 bits per heavy atom. The molecule has 172 valence electrons. The summed E-state index contributed by atoms with van der Waals surface area (Å²) >= 11 is 0. The van der Waals surface area contributed by atoms with Crippen LogP contribution in [0.25, 0.3) is 33.0 Å². The number of ether oxygens (including phenoxy) is 2. The van der Waals surface area contributed by atoms with Crippen LogP contribution in [0.15, 0.2) is 109 Å². The summed E-state index contributed by atoms with van der Waals surface area (Å²) in [7, 11) is 1.68. The lowest BCUT2D eigenvalue weighted by Crippen LogP contribution is -1.98. The monoisotopic (exact) mass is 460 g/mol. The minimum atomic E-state index is -0.948. The second-order valence-corrected chi connectivity index (χ2v) is 8.25. The van der Waals surface area contributed by atoms with Crippen LogP contribution in [0.1, 0.15) is 15.9 Å². The van der Waals surface area contributed by atoms with Crippen LogP contribution >= 0.6 is 0 Å². The van der Waals surface area contributed by atoms with E-state index in [-0.39, 0.29) is 5.56 Å². The van der Waals surface area contributed by atoms with Gasteiger partial charge in [0.15, 0.2) is 0 Å². The smallest absolute Gasteiger partial charge is 0.335 e. The van der Waals surface area contributed by atoms with E-state index >= 15 is 0 Å². The van der Waals surface area contributed by atoms with Gasteiger partial charge >= 0.3 is 5.97 Å². The minimum absolute atomic E-state index is 0.243. The molecular weight excluding hydrogens is 436 g/mol. The third-order valence-corrected chi connectivity index (χ3v) is 6.10. The van der Waals surface area contributed by atoms with Gasteiger partial charge in [0.2, 0.25) is 0 Å². The van der Waals surface area contributed by atoms with Crippen molar-refractivity contribution in [2.24, 2.45) is 0 Å². The fourth-order valence-corrected chi connectivity index (χ4v) is 4.21. The van der Waals surface area contributed by atoms with Gasteiger partial charge in [-0.05, 0) is 75.0 Å². The third kappa shape index (κ3) is 4.73. The van der Waals surface area contributed by atoms with E-state index in [1.54, 1.807) is 31.4 Å². The molecule has 0 spiro atoms. The molecule has 0 radical (unpaired) electrons. The zero-order valence-electron chi connectivity index (χ0n) is 19.3. The highest BCUT2D eigenvalue weighted by atomic mass is 16.5. The van der Waals surface area contributed by atoms with E-state index in [1.807, 2.05) is 12.1 Å². The summed E-state index contributed by atoms with van der Waals surface area (Å²) in [6.07, 6.45) is 0. The SMILES string of the molecule is COc1ccc(-c2ccc(-c3ccc(COc4ccc(C(=O)O)cc4)cc3)c3ccccc23)cc1. The maximum Gasteiger partial charge on any atom is 0.335 e. The van der Waals surface area contributed by atoms with Gasteiger partial charge in [-0.2, -0.15) is 0 Å². The Morgan fingerprint density at radius 2 is 1.17 bits per heavy atom. The first-order chi connectivity index (χ1) is 17.1. The zero-order valence-corrected chi connectivity index (χ0v) is 19.3.